The van der Waals surface area contributed by atoms with Crippen LogP contribution in [0.5, 0.6) is 0 Å². The van der Waals surface area contributed by atoms with Crippen LogP contribution in [-0.4, -0.2) is 28.7 Å². The molecule has 1 aliphatic rings. The maximum absolute atomic E-state index is 12.4. The molecule has 2 aromatic rings. The second-order valence-corrected chi connectivity index (χ2v) is 7.95. The van der Waals surface area contributed by atoms with E-state index in [1.54, 1.807) is 0 Å². The van der Waals surface area contributed by atoms with Crippen LogP contribution in [0.25, 0.3) is 0 Å². The molecule has 1 amide bonds. The first-order valence-corrected chi connectivity index (χ1v) is 9.22. The molecule has 0 unspecified atom stereocenters. The number of aromatic nitrogens is 2. The molecule has 128 valence electrons. The van der Waals surface area contributed by atoms with Crippen molar-refractivity contribution in [3.63, 3.8) is 0 Å². The monoisotopic (exact) mass is 344 g/mol. The standard InChI is InChI=1S/C18H24N4OS/c1-12-11-13(9-10-19-12)15(23)20-17-22-21-16(24-17)18(2,3)14-7-5-4-6-8-14/h4-8,12-13,19H,9-11H2,1-3H3,(H,20,22,23)/t12-,13-/m0/s1. The molecule has 0 aliphatic carbocycles. The average Bonchev–Trinajstić information content (AvgIpc) is 3.05. The highest BCUT2D eigenvalue weighted by Gasteiger charge is 2.29. The summed E-state index contributed by atoms with van der Waals surface area (Å²) in [4.78, 5) is 12.4. The minimum atomic E-state index is -0.231. The molecule has 24 heavy (non-hydrogen) atoms. The van der Waals surface area contributed by atoms with Gasteiger partial charge in [0.25, 0.3) is 0 Å². The normalized spacial score (nSPS) is 21.5. The van der Waals surface area contributed by atoms with Gasteiger partial charge in [-0.05, 0) is 45.7 Å². The summed E-state index contributed by atoms with van der Waals surface area (Å²) in [6.07, 6.45) is 1.74. The molecule has 2 heterocycles. The fourth-order valence-electron chi connectivity index (χ4n) is 3.08. The molecule has 3 rings (SSSR count). The predicted molar refractivity (Wildman–Crippen MR) is 97.3 cm³/mol. The van der Waals surface area contributed by atoms with Gasteiger partial charge in [-0.1, -0.05) is 41.7 Å². The number of anilines is 1. The molecule has 0 radical (unpaired) electrons. The molecule has 2 atom stereocenters. The van der Waals surface area contributed by atoms with E-state index in [1.165, 1.54) is 16.9 Å². The zero-order valence-electron chi connectivity index (χ0n) is 14.4. The van der Waals surface area contributed by atoms with Gasteiger partial charge in [-0.2, -0.15) is 0 Å². The molecular weight excluding hydrogens is 320 g/mol. The van der Waals surface area contributed by atoms with Crippen molar-refractivity contribution in [2.75, 3.05) is 11.9 Å². The Morgan fingerprint density at radius 2 is 2.04 bits per heavy atom. The van der Waals surface area contributed by atoms with Crippen LogP contribution in [0.2, 0.25) is 0 Å². The molecule has 5 nitrogen and oxygen atoms in total. The Bertz CT molecular complexity index is 698. The van der Waals surface area contributed by atoms with Crippen molar-refractivity contribution in [3.05, 3.63) is 40.9 Å². The molecule has 0 saturated carbocycles. The number of piperidine rings is 1. The number of nitrogens with zero attached hydrogens (tertiary/aromatic N) is 2. The summed E-state index contributed by atoms with van der Waals surface area (Å²) in [6.45, 7) is 7.26. The van der Waals surface area contributed by atoms with Crippen molar-refractivity contribution in [2.45, 2.75) is 45.1 Å². The fourth-order valence-corrected chi connectivity index (χ4v) is 3.95. The van der Waals surface area contributed by atoms with Gasteiger partial charge in [0, 0.05) is 17.4 Å². The van der Waals surface area contributed by atoms with E-state index >= 15 is 0 Å². The number of hydrogen-bond donors (Lipinski definition) is 2. The molecule has 2 N–H and O–H groups in total. The zero-order valence-corrected chi connectivity index (χ0v) is 15.2. The average molecular weight is 344 g/mol. The van der Waals surface area contributed by atoms with E-state index in [4.69, 9.17) is 0 Å². The smallest absolute Gasteiger partial charge is 0.229 e. The minimum Gasteiger partial charge on any atom is -0.314 e. The van der Waals surface area contributed by atoms with E-state index in [2.05, 4.69) is 53.7 Å². The Labute approximate surface area is 146 Å². The number of carbonyl (C=O) groups is 1. The van der Waals surface area contributed by atoms with E-state index in [1.807, 2.05) is 18.2 Å². The maximum Gasteiger partial charge on any atom is 0.229 e. The highest BCUT2D eigenvalue weighted by molar-refractivity contribution is 7.15. The molecule has 1 fully saturated rings. The quantitative estimate of drug-likeness (QED) is 0.894. The van der Waals surface area contributed by atoms with Gasteiger partial charge in [-0.3, -0.25) is 4.79 Å². The minimum absolute atomic E-state index is 0.0516. The molecule has 0 spiro atoms. The Morgan fingerprint density at radius 3 is 2.75 bits per heavy atom. The van der Waals surface area contributed by atoms with Gasteiger partial charge in [0.1, 0.15) is 5.01 Å². The van der Waals surface area contributed by atoms with Crippen LogP contribution in [0.15, 0.2) is 30.3 Å². The van der Waals surface area contributed by atoms with Crippen molar-refractivity contribution >= 4 is 22.4 Å². The lowest BCUT2D eigenvalue weighted by Crippen LogP contribution is -2.40. The Hall–Kier alpha value is -1.79. The van der Waals surface area contributed by atoms with Gasteiger partial charge < -0.3 is 10.6 Å². The van der Waals surface area contributed by atoms with Gasteiger partial charge in [0.15, 0.2) is 0 Å². The van der Waals surface area contributed by atoms with Crippen LogP contribution in [0, 0.1) is 5.92 Å². The second kappa shape index (κ2) is 6.99. The predicted octanol–water partition coefficient (Wildman–Crippen LogP) is 3.19. The lowest BCUT2D eigenvalue weighted by molar-refractivity contribution is -0.120. The summed E-state index contributed by atoms with van der Waals surface area (Å²) in [5, 5.41) is 16.3. The number of hydrogen-bond acceptors (Lipinski definition) is 5. The van der Waals surface area contributed by atoms with E-state index in [0.29, 0.717) is 11.2 Å². The lowest BCUT2D eigenvalue weighted by atomic mass is 9.85. The van der Waals surface area contributed by atoms with Gasteiger partial charge in [-0.25, -0.2) is 0 Å². The van der Waals surface area contributed by atoms with Crippen molar-refractivity contribution < 1.29 is 4.79 Å². The van der Waals surface area contributed by atoms with Crippen LogP contribution >= 0.6 is 11.3 Å². The third-order valence-corrected chi connectivity index (χ3v) is 5.84. The number of rotatable bonds is 4. The van der Waals surface area contributed by atoms with Gasteiger partial charge in [-0.15, -0.1) is 10.2 Å². The summed E-state index contributed by atoms with van der Waals surface area (Å²) in [6, 6.07) is 10.6. The van der Waals surface area contributed by atoms with Crippen LogP contribution in [0.1, 0.15) is 44.2 Å². The molecule has 0 bridgehead atoms. The first kappa shape index (κ1) is 17.0. The molecule has 1 aliphatic heterocycles. The number of nitrogens with one attached hydrogen (secondary N) is 2. The number of carbonyl (C=O) groups excluding carboxylic acids is 1. The number of amides is 1. The highest BCUT2D eigenvalue weighted by Crippen LogP contribution is 2.34. The summed E-state index contributed by atoms with van der Waals surface area (Å²) < 4.78 is 0. The molecule has 6 heteroatoms. The number of benzene rings is 1. The van der Waals surface area contributed by atoms with Gasteiger partial charge in [0.2, 0.25) is 11.0 Å². The fraction of sp³-hybridized carbons (Fsp3) is 0.500. The molecule has 1 saturated heterocycles. The summed E-state index contributed by atoms with van der Waals surface area (Å²) in [5.41, 5.74) is 0.955. The summed E-state index contributed by atoms with van der Waals surface area (Å²) in [5.74, 6) is 0.110. The molecular formula is C18H24N4OS. The molecule has 1 aromatic heterocycles. The maximum atomic E-state index is 12.4. The zero-order chi connectivity index (χ0) is 17.2. The Morgan fingerprint density at radius 1 is 1.29 bits per heavy atom. The van der Waals surface area contributed by atoms with Crippen molar-refractivity contribution in [1.29, 1.82) is 0 Å². The summed E-state index contributed by atoms with van der Waals surface area (Å²) in [7, 11) is 0. The first-order chi connectivity index (χ1) is 11.5. The van der Waals surface area contributed by atoms with Crippen molar-refractivity contribution in [3.8, 4) is 0 Å². The highest BCUT2D eigenvalue weighted by atomic mass is 32.1. The van der Waals surface area contributed by atoms with E-state index < -0.39 is 0 Å². The SMILES string of the molecule is C[C@H]1C[C@@H](C(=O)Nc2nnc(C(C)(C)c3ccccc3)s2)CCN1. The topological polar surface area (TPSA) is 66.9 Å². The van der Waals surface area contributed by atoms with Gasteiger partial charge >= 0.3 is 0 Å². The molecule has 1 aromatic carbocycles. The lowest BCUT2D eigenvalue weighted by Gasteiger charge is -2.26. The first-order valence-electron chi connectivity index (χ1n) is 8.40. The Balaban J connectivity index is 1.70. The van der Waals surface area contributed by atoms with Crippen LogP contribution < -0.4 is 10.6 Å². The van der Waals surface area contributed by atoms with E-state index in [-0.39, 0.29) is 17.2 Å². The Kier molecular flexibility index (Phi) is 4.96. The second-order valence-electron chi connectivity index (χ2n) is 6.97. The largest absolute Gasteiger partial charge is 0.314 e. The summed E-state index contributed by atoms with van der Waals surface area (Å²) >= 11 is 1.46. The van der Waals surface area contributed by atoms with Crippen LogP contribution in [0.4, 0.5) is 5.13 Å². The van der Waals surface area contributed by atoms with E-state index in [0.717, 1.165) is 24.4 Å². The van der Waals surface area contributed by atoms with Crippen molar-refractivity contribution in [1.82, 2.24) is 15.5 Å². The van der Waals surface area contributed by atoms with Crippen LogP contribution in [0.3, 0.4) is 0 Å². The van der Waals surface area contributed by atoms with Crippen LogP contribution in [-0.2, 0) is 10.2 Å². The third-order valence-electron chi connectivity index (χ3n) is 4.68. The van der Waals surface area contributed by atoms with Crippen molar-refractivity contribution in [2.24, 2.45) is 5.92 Å². The van der Waals surface area contributed by atoms with Gasteiger partial charge in [0.05, 0.1) is 0 Å². The third kappa shape index (κ3) is 3.65. The van der Waals surface area contributed by atoms with E-state index in [9.17, 15) is 4.79 Å².